The van der Waals surface area contributed by atoms with E-state index in [9.17, 15) is 10.1 Å². The Morgan fingerprint density at radius 2 is 1.75 bits per heavy atom. The molecule has 0 saturated carbocycles. The van der Waals surface area contributed by atoms with Gasteiger partial charge in [-0.2, -0.15) is 5.10 Å². The van der Waals surface area contributed by atoms with E-state index in [1.165, 1.54) is 17.7 Å². The van der Waals surface area contributed by atoms with Crippen LogP contribution in [0.1, 0.15) is 42.4 Å². The molecule has 3 aromatic rings. The zero-order valence-electron chi connectivity index (χ0n) is 21.9. The Bertz CT molecular complexity index is 1570. The van der Waals surface area contributed by atoms with Crippen LogP contribution in [0, 0.1) is 10.1 Å². The second-order valence-electron chi connectivity index (χ2n) is 9.58. The molecule has 1 heterocycles. The van der Waals surface area contributed by atoms with Crippen LogP contribution in [0.2, 0.25) is 5.15 Å². The van der Waals surface area contributed by atoms with Crippen molar-refractivity contribution in [3.8, 4) is 0 Å². The van der Waals surface area contributed by atoms with Gasteiger partial charge in [0.25, 0.3) is 5.69 Å². The molecule has 0 fully saturated rings. The number of aromatic nitrogens is 1. The molecule has 0 bridgehead atoms. The van der Waals surface area contributed by atoms with Gasteiger partial charge in [0, 0.05) is 29.5 Å². The van der Waals surface area contributed by atoms with Crippen LogP contribution in [-0.2, 0) is 5.54 Å². The minimum Gasteiger partial charge on any atom is -0.290 e. The van der Waals surface area contributed by atoms with Crippen LogP contribution in [0.3, 0.4) is 0 Å². The highest BCUT2D eigenvalue weighted by Gasteiger charge is 2.39. The van der Waals surface area contributed by atoms with E-state index >= 15 is 0 Å². The highest BCUT2D eigenvalue weighted by atomic mass is 35.5. The zero-order chi connectivity index (χ0) is 27.8. The number of non-ortho nitro benzene ring substituents is 1. The van der Waals surface area contributed by atoms with E-state index in [1.54, 1.807) is 24.4 Å². The van der Waals surface area contributed by atoms with Crippen molar-refractivity contribution in [1.29, 1.82) is 0 Å². The zero-order valence-corrected chi connectivity index (χ0v) is 22.7. The van der Waals surface area contributed by atoms with Crippen LogP contribution in [0.4, 0.5) is 5.69 Å². The number of nitrogens with one attached hydrogen (secondary N) is 1. The maximum absolute atomic E-state index is 11.6. The summed E-state index contributed by atoms with van der Waals surface area (Å²) < 4.78 is 0. The Hall–Kier alpha value is -4.55. The topological polar surface area (TPSA) is 80.4 Å². The summed E-state index contributed by atoms with van der Waals surface area (Å²) in [5.74, 6) is 0. The Balaban J connectivity index is 1.75. The van der Waals surface area contributed by atoms with Crippen LogP contribution in [-0.4, -0.2) is 15.6 Å². The lowest BCUT2D eigenvalue weighted by Gasteiger charge is -2.39. The van der Waals surface area contributed by atoms with Gasteiger partial charge in [0.05, 0.1) is 10.6 Å². The summed E-state index contributed by atoms with van der Waals surface area (Å²) in [7, 11) is 0. The third-order valence-corrected chi connectivity index (χ3v) is 7.29. The highest BCUT2D eigenvalue weighted by molar-refractivity contribution is 6.30. The molecule has 200 valence electrons. The second-order valence-corrected chi connectivity index (χ2v) is 9.97. The van der Waals surface area contributed by atoms with Crippen molar-refractivity contribution >= 4 is 23.0 Å². The molecule has 1 aromatic heterocycles. The van der Waals surface area contributed by atoms with Crippen LogP contribution in [0.25, 0.3) is 0 Å². The molecule has 2 aromatic carbocycles. The molecule has 0 radical (unpaired) electrons. The smallest absolute Gasteiger partial charge is 0.270 e. The van der Waals surface area contributed by atoms with E-state index in [0.29, 0.717) is 22.0 Å². The molecule has 1 atom stereocenters. The number of hydrogen-bond donors (Lipinski definition) is 1. The number of hydrazone groups is 1. The molecule has 2 aliphatic rings. The van der Waals surface area contributed by atoms with Gasteiger partial charge in [0.2, 0.25) is 0 Å². The molecular formula is C33H29ClN4O2. The van der Waals surface area contributed by atoms with Gasteiger partial charge in [-0.15, -0.1) is 0 Å². The Morgan fingerprint density at radius 1 is 0.925 bits per heavy atom. The van der Waals surface area contributed by atoms with Crippen molar-refractivity contribution in [1.82, 2.24) is 10.4 Å². The fraction of sp³-hybridized carbons (Fsp3) is 0.152. The monoisotopic (exact) mass is 548 g/mol. The van der Waals surface area contributed by atoms with Gasteiger partial charge < -0.3 is 0 Å². The second kappa shape index (κ2) is 12.5. The number of nitro benzene ring substituents is 1. The summed E-state index contributed by atoms with van der Waals surface area (Å²) in [4.78, 5) is 15.4. The van der Waals surface area contributed by atoms with E-state index in [2.05, 4.69) is 65.1 Å². The lowest BCUT2D eigenvalue weighted by atomic mass is 9.73. The van der Waals surface area contributed by atoms with Gasteiger partial charge >= 0.3 is 0 Å². The molecule has 6 nitrogen and oxygen atoms in total. The third kappa shape index (κ3) is 5.87. The first kappa shape index (κ1) is 27.0. The van der Waals surface area contributed by atoms with Gasteiger partial charge in [-0.05, 0) is 54.5 Å². The minimum atomic E-state index is -0.766. The molecule has 5 rings (SSSR count). The molecule has 0 amide bonds. The average molecular weight is 549 g/mol. The lowest BCUT2D eigenvalue weighted by molar-refractivity contribution is -0.384. The number of nitrogens with zero attached hydrogens (tertiary/aromatic N) is 3. The van der Waals surface area contributed by atoms with Gasteiger partial charge in [-0.3, -0.25) is 15.5 Å². The van der Waals surface area contributed by atoms with E-state index in [1.807, 2.05) is 30.3 Å². The van der Waals surface area contributed by atoms with Gasteiger partial charge in [0.1, 0.15) is 10.7 Å². The standard InChI is InChI=1S/C33H29ClN4O2/c34-31-24-26(21-22-35-31)32(25-13-12-20-30(23-25)38(39)40)36-37-33(29-18-10-5-11-19-29,27-14-6-1-2-7-15-27)28-16-8-3-4-9-17-28/h1-3,5-8,10-14,16,18-24,37H,4,9,15,17H2/b36-32+. The van der Waals surface area contributed by atoms with Crippen LogP contribution >= 0.6 is 11.6 Å². The molecule has 1 unspecified atom stereocenters. The first-order valence-electron chi connectivity index (χ1n) is 13.2. The minimum absolute atomic E-state index is 0.0157. The Labute approximate surface area is 239 Å². The molecule has 0 aliphatic heterocycles. The molecule has 40 heavy (non-hydrogen) atoms. The van der Waals surface area contributed by atoms with Crippen LogP contribution in [0.15, 0.2) is 138 Å². The van der Waals surface area contributed by atoms with E-state index < -0.39 is 10.5 Å². The summed E-state index contributed by atoms with van der Waals surface area (Å²) in [6.07, 6.45) is 22.2. The van der Waals surface area contributed by atoms with Crippen LogP contribution in [0.5, 0.6) is 0 Å². The van der Waals surface area contributed by atoms with Gasteiger partial charge in [0.15, 0.2) is 0 Å². The predicted octanol–water partition coefficient (Wildman–Crippen LogP) is 7.99. The maximum atomic E-state index is 11.6. The van der Waals surface area contributed by atoms with E-state index in [-0.39, 0.29) is 5.69 Å². The van der Waals surface area contributed by atoms with Crippen molar-refractivity contribution in [3.05, 3.63) is 165 Å². The highest BCUT2D eigenvalue weighted by Crippen LogP contribution is 2.42. The summed E-state index contributed by atoms with van der Waals surface area (Å²) in [6, 6.07) is 20.3. The Kier molecular flexibility index (Phi) is 8.47. The molecule has 7 heteroatoms. The van der Waals surface area contributed by atoms with Crippen molar-refractivity contribution in [2.45, 2.75) is 31.2 Å². The number of allylic oxidation sites excluding steroid dienone is 8. The Morgan fingerprint density at radius 3 is 2.58 bits per heavy atom. The predicted molar refractivity (Wildman–Crippen MR) is 161 cm³/mol. The van der Waals surface area contributed by atoms with Gasteiger partial charge in [-0.1, -0.05) is 103 Å². The van der Waals surface area contributed by atoms with Crippen LogP contribution < -0.4 is 5.43 Å². The van der Waals surface area contributed by atoms with E-state index in [0.717, 1.165) is 36.8 Å². The summed E-state index contributed by atoms with van der Waals surface area (Å²) >= 11 is 6.29. The molecule has 1 N–H and O–H groups in total. The summed E-state index contributed by atoms with van der Waals surface area (Å²) in [5, 5.41) is 17.0. The maximum Gasteiger partial charge on any atom is 0.270 e. The van der Waals surface area contributed by atoms with E-state index in [4.69, 9.17) is 16.7 Å². The summed E-state index contributed by atoms with van der Waals surface area (Å²) in [6.45, 7) is 0. The first-order valence-corrected chi connectivity index (χ1v) is 13.6. The number of nitro groups is 1. The normalized spacial score (nSPS) is 16.8. The van der Waals surface area contributed by atoms with Crippen molar-refractivity contribution in [2.75, 3.05) is 0 Å². The first-order chi connectivity index (χ1) is 19.6. The molecular weight excluding hydrogens is 520 g/mol. The third-order valence-electron chi connectivity index (χ3n) is 7.08. The SMILES string of the molecule is O=[N+]([O-])c1cccc(/C(=N\NC(C2=CC=CC=CC2)(C2=CC=CCCC2)c2ccccc2)c2ccnc(Cl)c2)c1. The van der Waals surface area contributed by atoms with Gasteiger partial charge in [-0.25, -0.2) is 4.98 Å². The number of pyridine rings is 1. The van der Waals surface area contributed by atoms with Crippen molar-refractivity contribution < 1.29 is 4.92 Å². The summed E-state index contributed by atoms with van der Waals surface area (Å²) in [5.41, 5.74) is 8.05. The lowest BCUT2D eigenvalue weighted by Crippen LogP contribution is -2.44. The number of rotatable bonds is 8. The quantitative estimate of drug-likeness (QED) is 0.134. The average Bonchev–Trinajstić information content (AvgIpc) is 3.43. The molecule has 0 saturated heterocycles. The number of benzene rings is 2. The van der Waals surface area contributed by atoms with Crippen molar-refractivity contribution in [2.24, 2.45) is 5.10 Å². The molecule has 2 aliphatic carbocycles. The number of halogens is 1. The fourth-order valence-corrected chi connectivity index (χ4v) is 5.34. The van der Waals surface area contributed by atoms with Crippen molar-refractivity contribution in [3.63, 3.8) is 0 Å². The number of hydrogen-bond acceptors (Lipinski definition) is 5. The largest absolute Gasteiger partial charge is 0.290 e. The molecule has 0 spiro atoms. The fourth-order valence-electron chi connectivity index (χ4n) is 5.17.